The fraction of sp³-hybridized carbons (Fsp3) is 0.952. The quantitative estimate of drug-likeness (QED) is 0.444. The standard InChI is InChI=1S/C21H34N2O4/c1-14-4-3-5-20(2)12-16-17(18-21(14,20)27-18)15(19(24)26-16)13-22-6-7-23-8-10-25-11-9-23/h14-18,22H,3-13H2,1-2H3/t14-,15+,16-,17-,18+,20-,21+/m1/s1. The number of epoxide rings is 1. The number of hydrogen-bond donors (Lipinski definition) is 1. The maximum Gasteiger partial charge on any atom is 0.311 e. The number of carbonyl (C=O) groups excluding carboxylic acids is 1. The first-order valence-electron chi connectivity index (χ1n) is 10.9. The van der Waals surface area contributed by atoms with Gasteiger partial charge in [0.2, 0.25) is 0 Å². The zero-order valence-electron chi connectivity index (χ0n) is 16.7. The van der Waals surface area contributed by atoms with Crippen molar-refractivity contribution < 1.29 is 19.0 Å². The van der Waals surface area contributed by atoms with Gasteiger partial charge in [0.1, 0.15) is 11.7 Å². The number of esters is 1. The van der Waals surface area contributed by atoms with Crippen LogP contribution in [0.2, 0.25) is 0 Å². The van der Waals surface area contributed by atoms with Gasteiger partial charge >= 0.3 is 5.97 Å². The van der Waals surface area contributed by atoms with E-state index in [9.17, 15) is 4.79 Å². The zero-order valence-corrected chi connectivity index (χ0v) is 16.7. The van der Waals surface area contributed by atoms with Gasteiger partial charge in [0.05, 0.1) is 25.2 Å². The first kappa shape index (κ1) is 18.3. The Balaban J connectivity index is 1.21. The first-order valence-corrected chi connectivity index (χ1v) is 10.9. The number of morpholine rings is 1. The second-order valence-corrected chi connectivity index (χ2v) is 9.71. The Bertz CT molecular complexity index is 595. The van der Waals surface area contributed by atoms with E-state index < -0.39 is 0 Å². The van der Waals surface area contributed by atoms with Crippen LogP contribution in [0.1, 0.15) is 39.5 Å². The molecule has 0 unspecified atom stereocenters. The molecule has 3 saturated heterocycles. The molecule has 0 bridgehead atoms. The third-order valence-corrected chi connectivity index (χ3v) is 8.27. The second-order valence-electron chi connectivity index (χ2n) is 9.71. The molecule has 0 aromatic rings. The topological polar surface area (TPSA) is 63.3 Å². The van der Waals surface area contributed by atoms with Crippen LogP contribution in [0, 0.1) is 23.2 Å². The van der Waals surface area contributed by atoms with Gasteiger partial charge in [0.15, 0.2) is 0 Å². The first-order chi connectivity index (χ1) is 13.1. The van der Waals surface area contributed by atoms with Gasteiger partial charge in [-0.1, -0.05) is 20.3 Å². The second kappa shape index (κ2) is 6.68. The van der Waals surface area contributed by atoms with Crippen molar-refractivity contribution in [2.24, 2.45) is 23.2 Å². The van der Waals surface area contributed by atoms with Crippen LogP contribution in [0.4, 0.5) is 0 Å². The van der Waals surface area contributed by atoms with E-state index in [0.717, 1.165) is 45.8 Å². The van der Waals surface area contributed by atoms with Crippen molar-refractivity contribution in [1.29, 1.82) is 0 Å². The maximum absolute atomic E-state index is 12.6. The van der Waals surface area contributed by atoms with Crippen LogP contribution in [-0.2, 0) is 19.0 Å². The van der Waals surface area contributed by atoms with E-state index >= 15 is 0 Å². The summed E-state index contributed by atoms with van der Waals surface area (Å²) in [5, 5.41) is 3.53. The molecule has 3 aliphatic heterocycles. The van der Waals surface area contributed by atoms with E-state index in [-0.39, 0.29) is 41.0 Å². The number of nitrogens with zero attached hydrogens (tertiary/aromatic N) is 1. The highest BCUT2D eigenvalue weighted by atomic mass is 16.6. The average molecular weight is 379 g/mol. The van der Waals surface area contributed by atoms with Crippen molar-refractivity contribution in [2.45, 2.75) is 57.3 Å². The van der Waals surface area contributed by atoms with Crippen molar-refractivity contribution in [1.82, 2.24) is 10.2 Å². The third-order valence-electron chi connectivity index (χ3n) is 8.27. The average Bonchev–Trinajstić information content (AvgIpc) is 3.34. The van der Waals surface area contributed by atoms with Gasteiger partial charge in [0, 0.05) is 44.1 Å². The molecule has 6 nitrogen and oxygen atoms in total. The molecule has 27 heavy (non-hydrogen) atoms. The summed E-state index contributed by atoms with van der Waals surface area (Å²) in [5.41, 5.74) is 0.182. The van der Waals surface area contributed by atoms with Crippen LogP contribution in [-0.4, -0.2) is 74.6 Å². The summed E-state index contributed by atoms with van der Waals surface area (Å²) in [6.45, 7) is 11.0. The molecule has 5 fully saturated rings. The molecule has 3 heterocycles. The van der Waals surface area contributed by atoms with E-state index in [1.165, 1.54) is 19.3 Å². The minimum atomic E-state index is -0.0530. The molecule has 6 heteroatoms. The summed E-state index contributed by atoms with van der Waals surface area (Å²) >= 11 is 0. The SMILES string of the molecule is C[C@@H]1CCC[C@]2(C)C[C@H]3OC(=O)[C@@H](CNCCN4CCOCC4)[C@H]3[C@@H]3O[C@@]132. The number of rotatable bonds is 5. The Morgan fingerprint density at radius 1 is 1.30 bits per heavy atom. The van der Waals surface area contributed by atoms with E-state index in [0.29, 0.717) is 12.5 Å². The Kier molecular flexibility index (Phi) is 4.54. The van der Waals surface area contributed by atoms with Gasteiger partial charge in [-0.3, -0.25) is 9.69 Å². The van der Waals surface area contributed by atoms with Crippen LogP contribution < -0.4 is 5.32 Å². The zero-order chi connectivity index (χ0) is 18.6. The Morgan fingerprint density at radius 3 is 2.93 bits per heavy atom. The van der Waals surface area contributed by atoms with Gasteiger partial charge in [-0.15, -0.1) is 0 Å². The fourth-order valence-corrected chi connectivity index (χ4v) is 6.79. The van der Waals surface area contributed by atoms with Gasteiger partial charge in [-0.2, -0.15) is 0 Å². The number of carbonyl (C=O) groups is 1. The molecule has 0 aromatic carbocycles. The van der Waals surface area contributed by atoms with Crippen molar-refractivity contribution in [3.63, 3.8) is 0 Å². The molecule has 0 amide bonds. The van der Waals surface area contributed by atoms with E-state index in [1.54, 1.807) is 0 Å². The molecular weight excluding hydrogens is 344 g/mol. The monoisotopic (exact) mass is 378 g/mol. The number of nitrogens with one attached hydrogen (secondary N) is 1. The molecule has 1 spiro atoms. The van der Waals surface area contributed by atoms with Crippen LogP contribution in [0.3, 0.4) is 0 Å². The molecule has 5 aliphatic rings. The minimum Gasteiger partial charge on any atom is -0.462 e. The minimum absolute atomic E-state index is 0.00640. The van der Waals surface area contributed by atoms with Crippen molar-refractivity contribution in [2.75, 3.05) is 45.9 Å². The third kappa shape index (κ3) is 2.78. The number of fused-ring (bicyclic) bond motifs is 2. The predicted molar refractivity (Wildman–Crippen MR) is 100 cm³/mol. The highest BCUT2D eigenvalue weighted by molar-refractivity contribution is 5.76. The van der Waals surface area contributed by atoms with Gasteiger partial charge in [0.25, 0.3) is 0 Å². The lowest BCUT2D eigenvalue weighted by Crippen LogP contribution is -2.54. The Morgan fingerprint density at radius 2 is 2.11 bits per heavy atom. The normalized spacial score (nSPS) is 49.1. The Labute approximate surface area is 162 Å². The summed E-state index contributed by atoms with van der Waals surface area (Å²) in [7, 11) is 0. The summed E-state index contributed by atoms with van der Waals surface area (Å²) in [5.74, 6) is 0.766. The number of hydrogen-bond acceptors (Lipinski definition) is 6. The van der Waals surface area contributed by atoms with E-state index in [4.69, 9.17) is 14.2 Å². The largest absolute Gasteiger partial charge is 0.462 e. The summed E-state index contributed by atoms with van der Waals surface area (Å²) in [4.78, 5) is 15.1. The molecule has 1 N–H and O–H groups in total. The van der Waals surface area contributed by atoms with Gasteiger partial charge < -0.3 is 19.5 Å². The predicted octanol–water partition coefficient (Wildman–Crippen LogP) is 1.43. The summed E-state index contributed by atoms with van der Waals surface area (Å²) < 4.78 is 17.8. The molecule has 152 valence electrons. The van der Waals surface area contributed by atoms with Crippen molar-refractivity contribution >= 4 is 5.97 Å². The smallest absolute Gasteiger partial charge is 0.311 e. The highest BCUT2D eigenvalue weighted by Crippen LogP contribution is 2.70. The maximum atomic E-state index is 12.6. The van der Waals surface area contributed by atoms with Crippen LogP contribution in [0.5, 0.6) is 0 Å². The van der Waals surface area contributed by atoms with Crippen LogP contribution >= 0.6 is 0 Å². The van der Waals surface area contributed by atoms with Crippen LogP contribution in [0.25, 0.3) is 0 Å². The lowest BCUT2D eigenvalue weighted by atomic mass is 9.53. The summed E-state index contributed by atoms with van der Waals surface area (Å²) in [6, 6.07) is 0. The lowest BCUT2D eigenvalue weighted by Gasteiger charge is -2.48. The van der Waals surface area contributed by atoms with Crippen LogP contribution in [0.15, 0.2) is 0 Å². The number of ether oxygens (including phenoxy) is 3. The van der Waals surface area contributed by atoms with E-state index in [2.05, 4.69) is 24.1 Å². The Hall–Kier alpha value is -0.690. The van der Waals surface area contributed by atoms with Gasteiger partial charge in [-0.05, 0) is 25.2 Å². The van der Waals surface area contributed by atoms with Crippen molar-refractivity contribution in [3.8, 4) is 0 Å². The molecule has 7 atom stereocenters. The highest BCUT2D eigenvalue weighted by Gasteiger charge is 2.78. The summed E-state index contributed by atoms with van der Waals surface area (Å²) in [6.07, 6.45) is 4.98. The molecule has 2 saturated carbocycles. The molecule has 0 radical (unpaired) electrons. The fourth-order valence-electron chi connectivity index (χ4n) is 6.79. The lowest BCUT2D eigenvalue weighted by molar-refractivity contribution is -0.146. The van der Waals surface area contributed by atoms with E-state index in [1.807, 2.05) is 0 Å². The molecular formula is C21H34N2O4. The van der Waals surface area contributed by atoms with Gasteiger partial charge in [-0.25, -0.2) is 0 Å². The molecule has 0 aromatic heterocycles. The van der Waals surface area contributed by atoms with Crippen molar-refractivity contribution in [3.05, 3.63) is 0 Å². The molecule has 2 aliphatic carbocycles. The molecule has 5 rings (SSSR count).